The molecule has 3 rings (SSSR count). The van der Waals surface area contributed by atoms with Gasteiger partial charge in [-0.2, -0.15) is 11.8 Å². The lowest BCUT2D eigenvalue weighted by atomic mass is 9.94. The first-order chi connectivity index (χ1) is 11.7. The molecule has 24 heavy (non-hydrogen) atoms. The van der Waals surface area contributed by atoms with Crippen molar-refractivity contribution in [3.63, 3.8) is 0 Å². The van der Waals surface area contributed by atoms with Crippen molar-refractivity contribution in [3.8, 4) is 0 Å². The first-order valence-corrected chi connectivity index (χ1v) is 10.7. The highest BCUT2D eigenvalue weighted by molar-refractivity contribution is 7.99. The molecule has 0 N–H and O–H groups in total. The Morgan fingerprint density at radius 3 is 2.17 bits per heavy atom. The van der Waals surface area contributed by atoms with Gasteiger partial charge in [-0.1, -0.05) is 19.8 Å². The maximum absolute atomic E-state index is 13.3. The maximum Gasteiger partial charge on any atom is 0.240 e. The van der Waals surface area contributed by atoms with Crippen LogP contribution >= 0.6 is 11.8 Å². The summed E-state index contributed by atoms with van der Waals surface area (Å²) in [4.78, 5) is 31.6. The van der Waals surface area contributed by atoms with Gasteiger partial charge in [0.05, 0.1) is 6.04 Å². The molecule has 1 aliphatic carbocycles. The zero-order valence-electron chi connectivity index (χ0n) is 14.9. The largest absolute Gasteiger partial charge is 0.340 e. The molecule has 3 fully saturated rings. The SMILES string of the molecule is CCC(=O)N1CCN(C(C(=O)N2CCSCC2)C2CCCC2)CC1. The first kappa shape index (κ1) is 18.1. The van der Waals surface area contributed by atoms with Gasteiger partial charge in [0.25, 0.3) is 0 Å². The molecule has 136 valence electrons. The lowest BCUT2D eigenvalue weighted by molar-refractivity contribution is -0.141. The molecule has 2 amide bonds. The number of hydrogen-bond donors (Lipinski definition) is 0. The van der Waals surface area contributed by atoms with Crippen molar-refractivity contribution in [3.05, 3.63) is 0 Å². The fourth-order valence-electron chi connectivity index (χ4n) is 4.37. The lowest BCUT2D eigenvalue weighted by Gasteiger charge is -2.43. The molecule has 0 aromatic rings. The fraction of sp³-hybridized carbons (Fsp3) is 0.889. The van der Waals surface area contributed by atoms with Crippen LogP contribution in [0.3, 0.4) is 0 Å². The van der Waals surface area contributed by atoms with Gasteiger partial charge < -0.3 is 9.80 Å². The van der Waals surface area contributed by atoms with E-state index in [0.29, 0.717) is 18.2 Å². The Bertz CT molecular complexity index is 440. The Labute approximate surface area is 150 Å². The molecule has 0 radical (unpaired) electrons. The minimum atomic E-state index is 0.0504. The van der Waals surface area contributed by atoms with Gasteiger partial charge in [-0.15, -0.1) is 0 Å². The van der Waals surface area contributed by atoms with Crippen LogP contribution in [-0.4, -0.2) is 83.3 Å². The average Bonchev–Trinajstić information content (AvgIpc) is 3.16. The van der Waals surface area contributed by atoms with E-state index in [4.69, 9.17) is 0 Å². The monoisotopic (exact) mass is 353 g/mol. The topological polar surface area (TPSA) is 43.9 Å². The van der Waals surface area contributed by atoms with Crippen molar-refractivity contribution in [2.45, 2.75) is 45.1 Å². The summed E-state index contributed by atoms with van der Waals surface area (Å²) in [6.07, 6.45) is 5.48. The van der Waals surface area contributed by atoms with Crippen molar-refractivity contribution in [1.82, 2.24) is 14.7 Å². The van der Waals surface area contributed by atoms with Crippen molar-refractivity contribution >= 4 is 23.6 Å². The predicted molar refractivity (Wildman–Crippen MR) is 98.1 cm³/mol. The quantitative estimate of drug-likeness (QED) is 0.771. The van der Waals surface area contributed by atoms with Gasteiger partial charge in [0.15, 0.2) is 0 Å². The number of hydrogen-bond acceptors (Lipinski definition) is 4. The summed E-state index contributed by atoms with van der Waals surface area (Å²) in [5.41, 5.74) is 0. The fourth-order valence-corrected chi connectivity index (χ4v) is 5.28. The van der Waals surface area contributed by atoms with Crippen LogP contribution < -0.4 is 0 Å². The molecule has 1 atom stereocenters. The van der Waals surface area contributed by atoms with Crippen LogP contribution in [0, 0.1) is 5.92 Å². The second-order valence-electron chi connectivity index (χ2n) is 7.20. The van der Waals surface area contributed by atoms with Gasteiger partial charge in [-0.25, -0.2) is 0 Å². The molecular formula is C18H31N3O2S. The van der Waals surface area contributed by atoms with Crippen LogP contribution in [-0.2, 0) is 9.59 Å². The smallest absolute Gasteiger partial charge is 0.240 e. The Kier molecular flexibility index (Phi) is 6.44. The number of carbonyl (C=O) groups is 2. The van der Waals surface area contributed by atoms with E-state index in [0.717, 1.165) is 50.8 Å². The van der Waals surface area contributed by atoms with Gasteiger partial charge in [0, 0.05) is 57.2 Å². The summed E-state index contributed by atoms with van der Waals surface area (Å²) in [5, 5.41) is 0. The summed E-state index contributed by atoms with van der Waals surface area (Å²) in [7, 11) is 0. The second-order valence-corrected chi connectivity index (χ2v) is 8.42. The van der Waals surface area contributed by atoms with Crippen molar-refractivity contribution in [2.75, 3.05) is 50.8 Å². The summed E-state index contributed by atoms with van der Waals surface area (Å²) in [6.45, 7) is 6.98. The second kappa shape index (κ2) is 8.56. The molecule has 0 bridgehead atoms. The number of nitrogens with zero attached hydrogens (tertiary/aromatic N) is 3. The van der Waals surface area contributed by atoms with Crippen LogP contribution in [0.2, 0.25) is 0 Å². The number of piperazine rings is 1. The van der Waals surface area contributed by atoms with E-state index in [9.17, 15) is 9.59 Å². The van der Waals surface area contributed by atoms with E-state index in [1.807, 2.05) is 23.6 Å². The average molecular weight is 354 g/mol. The van der Waals surface area contributed by atoms with Gasteiger partial charge in [0.2, 0.25) is 11.8 Å². The van der Waals surface area contributed by atoms with Crippen LogP contribution in [0.5, 0.6) is 0 Å². The molecule has 3 aliphatic rings. The minimum Gasteiger partial charge on any atom is -0.340 e. The Balaban J connectivity index is 1.66. The number of thioether (sulfide) groups is 1. The van der Waals surface area contributed by atoms with Crippen LogP contribution in [0.25, 0.3) is 0 Å². The van der Waals surface area contributed by atoms with Crippen molar-refractivity contribution in [2.24, 2.45) is 5.92 Å². The third kappa shape index (κ3) is 4.07. The Morgan fingerprint density at radius 1 is 0.958 bits per heavy atom. The van der Waals surface area contributed by atoms with Gasteiger partial charge in [-0.3, -0.25) is 14.5 Å². The molecule has 0 spiro atoms. The van der Waals surface area contributed by atoms with Gasteiger partial charge in [0.1, 0.15) is 0 Å². The summed E-state index contributed by atoms with van der Waals surface area (Å²) >= 11 is 1.95. The normalized spacial score (nSPS) is 25.0. The molecule has 2 heterocycles. The molecule has 0 aromatic heterocycles. The summed E-state index contributed by atoms with van der Waals surface area (Å²) in [6, 6.07) is 0.0504. The third-order valence-corrected chi connectivity index (χ3v) is 6.73. The van der Waals surface area contributed by atoms with Crippen LogP contribution in [0.15, 0.2) is 0 Å². The summed E-state index contributed by atoms with van der Waals surface area (Å²) in [5.74, 6) is 3.26. The van der Waals surface area contributed by atoms with Crippen LogP contribution in [0.4, 0.5) is 0 Å². The molecular weight excluding hydrogens is 322 g/mol. The number of carbonyl (C=O) groups excluding carboxylic acids is 2. The van der Waals surface area contributed by atoms with E-state index in [2.05, 4.69) is 9.80 Å². The highest BCUT2D eigenvalue weighted by Crippen LogP contribution is 2.32. The Morgan fingerprint density at radius 2 is 1.58 bits per heavy atom. The van der Waals surface area contributed by atoms with E-state index in [1.54, 1.807) is 0 Å². The lowest BCUT2D eigenvalue weighted by Crippen LogP contribution is -2.59. The highest BCUT2D eigenvalue weighted by Gasteiger charge is 2.39. The minimum absolute atomic E-state index is 0.0504. The zero-order valence-corrected chi connectivity index (χ0v) is 15.7. The van der Waals surface area contributed by atoms with E-state index in [-0.39, 0.29) is 11.9 Å². The molecule has 2 saturated heterocycles. The molecule has 2 aliphatic heterocycles. The standard InChI is InChI=1S/C18H31N3O2S/c1-2-16(22)19-7-9-20(10-8-19)17(15-5-3-4-6-15)18(23)21-11-13-24-14-12-21/h15,17H,2-14H2,1H3. The van der Waals surface area contributed by atoms with Gasteiger partial charge in [-0.05, 0) is 18.8 Å². The molecule has 5 nitrogen and oxygen atoms in total. The predicted octanol–water partition coefficient (Wildman–Crippen LogP) is 1.67. The van der Waals surface area contributed by atoms with Crippen molar-refractivity contribution < 1.29 is 9.59 Å². The molecule has 1 saturated carbocycles. The molecule has 6 heteroatoms. The van der Waals surface area contributed by atoms with Crippen LogP contribution in [0.1, 0.15) is 39.0 Å². The van der Waals surface area contributed by atoms with Crippen molar-refractivity contribution in [1.29, 1.82) is 0 Å². The molecule has 1 unspecified atom stereocenters. The van der Waals surface area contributed by atoms with E-state index in [1.165, 1.54) is 25.7 Å². The Hall–Kier alpha value is -0.750. The molecule has 0 aromatic carbocycles. The van der Waals surface area contributed by atoms with E-state index >= 15 is 0 Å². The number of amides is 2. The number of rotatable bonds is 4. The summed E-state index contributed by atoms with van der Waals surface area (Å²) < 4.78 is 0. The van der Waals surface area contributed by atoms with E-state index < -0.39 is 0 Å². The zero-order chi connectivity index (χ0) is 16.9. The highest BCUT2D eigenvalue weighted by atomic mass is 32.2. The first-order valence-electron chi connectivity index (χ1n) is 9.59. The van der Waals surface area contributed by atoms with Gasteiger partial charge >= 0.3 is 0 Å². The third-order valence-electron chi connectivity index (χ3n) is 5.78. The maximum atomic E-state index is 13.3.